The van der Waals surface area contributed by atoms with Crippen LogP contribution < -0.4 is 15.4 Å². The van der Waals surface area contributed by atoms with Crippen molar-refractivity contribution in [3.8, 4) is 16.9 Å². The van der Waals surface area contributed by atoms with Crippen LogP contribution in [0.1, 0.15) is 21.5 Å². The minimum atomic E-state index is -1.04. The molecule has 1 saturated heterocycles. The standard InChI is InChI=1S/C31H26N2O6S/c34-28(35)18-39-26-11-10-23-16-25(9-8-24(23)17-26)29(36)32-13-12-19-2-1-3-22(14-19)21-6-4-20(5-7-21)15-27-30(37)33-31(38)40-27/h1-11,14,16-17,27H,12-13,15,18H2,(H,32,36)(H,34,35)(H,33,37,38). The van der Waals surface area contributed by atoms with E-state index in [-0.39, 0.29) is 22.3 Å². The summed E-state index contributed by atoms with van der Waals surface area (Å²) < 4.78 is 5.22. The molecular formula is C31H26N2O6S. The van der Waals surface area contributed by atoms with Crippen LogP contribution in [0.4, 0.5) is 4.79 Å². The van der Waals surface area contributed by atoms with Crippen LogP contribution in [0.3, 0.4) is 0 Å². The number of rotatable bonds is 10. The van der Waals surface area contributed by atoms with Gasteiger partial charge in [-0.2, -0.15) is 0 Å². The van der Waals surface area contributed by atoms with Gasteiger partial charge in [-0.15, -0.1) is 0 Å². The molecule has 1 fully saturated rings. The lowest BCUT2D eigenvalue weighted by Gasteiger charge is -2.10. The summed E-state index contributed by atoms with van der Waals surface area (Å²) in [4.78, 5) is 46.7. The maximum atomic E-state index is 12.8. The Morgan fingerprint density at radius 2 is 1.65 bits per heavy atom. The van der Waals surface area contributed by atoms with Crippen LogP contribution >= 0.6 is 11.8 Å². The molecule has 202 valence electrons. The van der Waals surface area contributed by atoms with E-state index < -0.39 is 12.6 Å². The monoisotopic (exact) mass is 554 g/mol. The highest BCUT2D eigenvalue weighted by Gasteiger charge is 2.31. The van der Waals surface area contributed by atoms with Gasteiger partial charge in [0.2, 0.25) is 5.91 Å². The maximum absolute atomic E-state index is 12.8. The number of benzene rings is 4. The van der Waals surface area contributed by atoms with Crippen LogP contribution in [-0.4, -0.2) is 46.5 Å². The van der Waals surface area contributed by atoms with Crippen molar-refractivity contribution in [2.24, 2.45) is 0 Å². The number of carboxylic acid groups (broad SMARTS) is 1. The summed E-state index contributed by atoms with van der Waals surface area (Å²) in [7, 11) is 0. The van der Waals surface area contributed by atoms with Gasteiger partial charge in [-0.1, -0.05) is 72.4 Å². The lowest BCUT2D eigenvalue weighted by Crippen LogP contribution is -2.25. The van der Waals surface area contributed by atoms with Gasteiger partial charge in [0.05, 0.1) is 5.25 Å². The van der Waals surface area contributed by atoms with E-state index in [9.17, 15) is 19.2 Å². The summed E-state index contributed by atoms with van der Waals surface area (Å²) in [6.45, 7) is 0.0628. The maximum Gasteiger partial charge on any atom is 0.341 e. The molecule has 3 N–H and O–H groups in total. The topological polar surface area (TPSA) is 122 Å². The van der Waals surface area contributed by atoms with Crippen LogP contribution in [0.25, 0.3) is 21.9 Å². The molecule has 1 unspecified atom stereocenters. The molecule has 8 nitrogen and oxygen atoms in total. The first-order chi connectivity index (χ1) is 19.3. The Bertz CT molecular complexity index is 1600. The van der Waals surface area contributed by atoms with Crippen LogP contribution in [0.5, 0.6) is 5.75 Å². The molecule has 0 aliphatic carbocycles. The SMILES string of the molecule is O=C(O)COc1ccc2cc(C(=O)NCCc3cccc(-c4ccc(CC5SC(=O)NC5=O)cc4)c3)ccc2c1. The first kappa shape index (κ1) is 27.0. The minimum absolute atomic E-state index is 0.171. The molecule has 0 bridgehead atoms. The highest BCUT2D eigenvalue weighted by atomic mass is 32.2. The van der Waals surface area contributed by atoms with Crippen molar-refractivity contribution in [1.29, 1.82) is 0 Å². The van der Waals surface area contributed by atoms with Gasteiger partial charge >= 0.3 is 5.97 Å². The number of amides is 3. The van der Waals surface area contributed by atoms with E-state index in [0.29, 0.717) is 30.7 Å². The molecule has 3 amide bonds. The lowest BCUT2D eigenvalue weighted by atomic mass is 9.99. The molecule has 40 heavy (non-hydrogen) atoms. The Morgan fingerprint density at radius 3 is 2.40 bits per heavy atom. The largest absolute Gasteiger partial charge is 0.482 e. The molecule has 0 radical (unpaired) electrons. The number of hydrogen-bond acceptors (Lipinski definition) is 6. The Kier molecular flexibility index (Phi) is 8.12. The van der Waals surface area contributed by atoms with E-state index in [1.165, 1.54) is 0 Å². The van der Waals surface area contributed by atoms with E-state index in [1.54, 1.807) is 30.3 Å². The first-order valence-electron chi connectivity index (χ1n) is 12.7. The fourth-order valence-corrected chi connectivity index (χ4v) is 5.36. The second-order valence-corrected chi connectivity index (χ2v) is 10.6. The van der Waals surface area contributed by atoms with Gasteiger partial charge in [0.1, 0.15) is 5.75 Å². The molecule has 1 atom stereocenters. The zero-order valence-corrected chi connectivity index (χ0v) is 22.2. The number of imide groups is 1. The molecule has 1 heterocycles. The summed E-state index contributed by atoms with van der Waals surface area (Å²) in [5.41, 5.74) is 4.72. The normalized spacial score (nSPS) is 14.7. The van der Waals surface area contributed by atoms with Crippen molar-refractivity contribution >= 4 is 45.6 Å². The predicted molar refractivity (Wildman–Crippen MR) is 154 cm³/mol. The Balaban J connectivity index is 1.16. The average molecular weight is 555 g/mol. The molecule has 4 aromatic rings. The zero-order chi connectivity index (χ0) is 28.1. The molecule has 0 spiro atoms. The van der Waals surface area contributed by atoms with Crippen molar-refractivity contribution in [3.63, 3.8) is 0 Å². The Hall–Kier alpha value is -4.63. The van der Waals surface area contributed by atoms with Gasteiger partial charge in [0.15, 0.2) is 6.61 Å². The van der Waals surface area contributed by atoms with Crippen LogP contribution in [0.15, 0.2) is 84.9 Å². The number of hydrogen-bond donors (Lipinski definition) is 3. The highest BCUT2D eigenvalue weighted by Crippen LogP contribution is 2.26. The summed E-state index contributed by atoms with van der Waals surface area (Å²) in [6.07, 6.45) is 1.17. The molecule has 4 aromatic carbocycles. The summed E-state index contributed by atoms with van der Waals surface area (Å²) >= 11 is 1.03. The van der Waals surface area contributed by atoms with Crippen molar-refractivity contribution in [3.05, 3.63) is 102 Å². The van der Waals surface area contributed by atoms with Crippen LogP contribution in [-0.2, 0) is 22.4 Å². The number of ether oxygens (including phenoxy) is 1. The average Bonchev–Trinajstić information content (AvgIpc) is 3.27. The van der Waals surface area contributed by atoms with Gasteiger partial charge in [0.25, 0.3) is 11.1 Å². The third-order valence-corrected chi connectivity index (χ3v) is 7.52. The highest BCUT2D eigenvalue weighted by molar-refractivity contribution is 8.15. The molecule has 0 saturated carbocycles. The van der Waals surface area contributed by atoms with E-state index >= 15 is 0 Å². The van der Waals surface area contributed by atoms with Crippen LogP contribution in [0, 0.1) is 0 Å². The van der Waals surface area contributed by atoms with Gasteiger partial charge in [-0.05, 0) is 70.1 Å². The quantitative estimate of drug-likeness (QED) is 0.257. The fourth-order valence-electron chi connectivity index (χ4n) is 4.50. The van der Waals surface area contributed by atoms with Gasteiger partial charge in [-0.3, -0.25) is 19.7 Å². The van der Waals surface area contributed by atoms with Crippen LogP contribution in [0.2, 0.25) is 0 Å². The second-order valence-electron chi connectivity index (χ2n) is 9.40. The third-order valence-electron chi connectivity index (χ3n) is 6.54. The van der Waals surface area contributed by atoms with Gasteiger partial charge < -0.3 is 15.2 Å². The number of aliphatic carboxylic acids is 1. The third kappa shape index (κ3) is 6.68. The van der Waals surface area contributed by atoms with E-state index in [2.05, 4.69) is 16.7 Å². The van der Waals surface area contributed by atoms with E-state index in [4.69, 9.17) is 9.84 Å². The second kappa shape index (κ2) is 12.0. The molecule has 9 heteroatoms. The number of carbonyl (C=O) groups excluding carboxylic acids is 3. The lowest BCUT2D eigenvalue weighted by molar-refractivity contribution is -0.139. The molecule has 0 aromatic heterocycles. The summed E-state index contributed by atoms with van der Waals surface area (Å²) in [5, 5.41) is 15.1. The molecule has 5 rings (SSSR count). The fraction of sp³-hybridized carbons (Fsp3) is 0.161. The van der Waals surface area contributed by atoms with Crippen molar-refractivity contribution in [2.45, 2.75) is 18.1 Å². The van der Waals surface area contributed by atoms with Crippen molar-refractivity contribution < 1.29 is 29.0 Å². The smallest absolute Gasteiger partial charge is 0.341 e. The summed E-state index contributed by atoms with van der Waals surface area (Å²) in [5.74, 6) is -0.992. The minimum Gasteiger partial charge on any atom is -0.482 e. The van der Waals surface area contributed by atoms with Crippen molar-refractivity contribution in [1.82, 2.24) is 10.6 Å². The van der Waals surface area contributed by atoms with E-state index in [0.717, 1.165) is 44.8 Å². The number of thioether (sulfide) groups is 1. The van der Waals surface area contributed by atoms with E-state index in [1.807, 2.05) is 48.5 Å². The molecular weight excluding hydrogens is 528 g/mol. The van der Waals surface area contributed by atoms with Gasteiger partial charge in [-0.25, -0.2) is 4.79 Å². The zero-order valence-electron chi connectivity index (χ0n) is 21.4. The van der Waals surface area contributed by atoms with Crippen molar-refractivity contribution in [2.75, 3.05) is 13.2 Å². The van der Waals surface area contributed by atoms with Gasteiger partial charge in [0, 0.05) is 12.1 Å². The molecule has 1 aliphatic heterocycles. The number of nitrogens with one attached hydrogen (secondary N) is 2. The number of carbonyl (C=O) groups is 4. The first-order valence-corrected chi connectivity index (χ1v) is 13.6. The number of fused-ring (bicyclic) bond motifs is 1. The Labute approximate surface area is 234 Å². The Morgan fingerprint density at radius 1 is 0.875 bits per heavy atom. The predicted octanol–water partition coefficient (Wildman–Crippen LogP) is 4.84. The summed E-state index contributed by atoms with van der Waals surface area (Å²) in [6, 6.07) is 26.7. The number of carboxylic acids is 1. The molecule has 1 aliphatic rings.